The maximum atomic E-state index is 11.7. The molecule has 5 nitrogen and oxygen atoms in total. The highest BCUT2D eigenvalue weighted by molar-refractivity contribution is 7.99. The molecule has 0 spiro atoms. The van der Waals surface area contributed by atoms with Gasteiger partial charge in [0.05, 0.1) is 0 Å². The van der Waals surface area contributed by atoms with Crippen LogP contribution in [0.3, 0.4) is 0 Å². The highest BCUT2D eigenvalue weighted by Gasteiger charge is 2.25. The lowest BCUT2D eigenvalue weighted by atomic mass is 9.88. The Kier molecular flexibility index (Phi) is 6.33. The molecule has 116 valence electrons. The van der Waals surface area contributed by atoms with Crippen LogP contribution < -0.4 is 11.0 Å². The molecule has 0 amide bonds. The van der Waals surface area contributed by atoms with Gasteiger partial charge in [0.1, 0.15) is 0 Å². The third kappa shape index (κ3) is 4.66. The van der Waals surface area contributed by atoms with Crippen molar-refractivity contribution < 1.29 is 0 Å². The van der Waals surface area contributed by atoms with E-state index in [0.717, 1.165) is 23.9 Å². The van der Waals surface area contributed by atoms with E-state index in [4.69, 9.17) is 0 Å². The summed E-state index contributed by atoms with van der Waals surface area (Å²) in [5.41, 5.74) is 0.0536. The van der Waals surface area contributed by atoms with Crippen LogP contribution in [0, 0.1) is 5.41 Å². The van der Waals surface area contributed by atoms with Crippen molar-refractivity contribution in [1.29, 1.82) is 0 Å². The monoisotopic (exact) mass is 300 g/mol. The Balaban J connectivity index is 2.75. The molecule has 0 aromatic carbocycles. The topological polar surface area (TPSA) is 62.7 Å². The van der Waals surface area contributed by atoms with Crippen molar-refractivity contribution in [3.63, 3.8) is 0 Å². The molecular formula is C14H28N4OS. The first-order chi connectivity index (χ1) is 9.27. The van der Waals surface area contributed by atoms with Crippen LogP contribution in [0.2, 0.25) is 0 Å². The standard InChI is InChI=1S/C14H28N4OS/c1-7-8-15-11(14(4,5)6)9-20-13-17-16-12(19)18(13)10(2)3/h10-11,15H,7-9H2,1-6H3,(H,16,19). The molecule has 1 heterocycles. The summed E-state index contributed by atoms with van der Waals surface area (Å²) in [6, 6.07) is 0.514. The van der Waals surface area contributed by atoms with Crippen molar-refractivity contribution >= 4 is 11.8 Å². The smallest absolute Gasteiger partial charge is 0.313 e. The molecule has 0 fully saturated rings. The predicted octanol–water partition coefficient (Wildman–Crippen LogP) is 2.66. The fourth-order valence-corrected chi connectivity index (χ4v) is 3.42. The number of nitrogens with one attached hydrogen (secondary N) is 2. The Morgan fingerprint density at radius 1 is 1.40 bits per heavy atom. The van der Waals surface area contributed by atoms with Gasteiger partial charge in [-0.15, -0.1) is 5.10 Å². The van der Waals surface area contributed by atoms with Gasteiger partial charge in [0.25, 0.3) is 0 Å². The summed E-state index contributed by atoms with van der Waals surface area (Å²) in [5.74, 6) is 0.903. The minimum Gasteiger partial charge on any atom is -0.313 e. The molecule has 1 aromatic heterocycles. The van der Waals surface area contributed by atoms with Crippen LogP contribution in [0.4, 0.5) is 0 Å². The average molecular weight is 300 g/mol. The van der Waals surface area contributed by atoms with E-state index in [1.165, 1.54) is 0 Å². The lowest BCUT2D eigenvalue weighted by molar-refractivity contribution is 0.291. The van der Waals surface area contributed by atoms with E-state index in [1.807, 2.05) is 13.8 Å². The first-order valence-electron chi connectivity index (χ1n) is 7.30. The summed E-state index contributed by atoms with van der Waals surface area (Å²) in [5, 5.41) is 11.0. The zero-order valence-electron chi connectivity index (χ0n) is 13.5. The number of aromatic nitrogens is 3. The van der Waals surface area contributed by atoms with Crippen molar-refractivity contribution in [2.75, 3.05) is 12.3 Å². The molecule has 1 unspecified atom stereocenters. The van der Waals surface area contributed by atoms with E-state index >= 15 is 0 Å². The fourth-order valence-electron chi connectivity index (χ4n) is 1.94. The first-order valence-corrected chi connectivity index (χ1v) is 8.29. The molecule has 0 aliphatic heterocycles. The second kappa shape index (κ2) is 7.31. The van der Waals surface area contributed by atoms with Gasteiger partial charge in [-0.3, -0.25) is 4.57 Å². The first kappa shape index (κ1) is 17.3. The van der Waals surface area contributed by atoms with E-state index in [-0.39, 0.29) is 17.1 Å². The zero-order valence-corrected chi connectivity index (χ0v) is 14.3. The summed E-state index contributed by atoms with van der Waals surface area (Å²) in [7, 11) is 0. The van der Waals surface area contributed by atoms with Gasteiger partial charge in [0.15, 0.2) is 5.16 Å². The number of aromatic amines is 1. The maximum Gasteiger partial charge on any atom is 0.344 e. The largest absolute Gasteiger partial charge is 0.344 e. The van der Waals surface area contributed by atoms with Gasteiger partial charge in [-0.25, -0.2) is 9.89 Å². The van der Waals surface area contributed by atoms with E-state index in [9.17, 15) is 4.79 Å². The SMILES string of the molecule is CCCNC(CSc1n[nH]c(=O)n1C(C)C)C(C)(C)C. The molecule has 1 rings (SSSR count). The molecule has 20 heavy (non-hydrogen) atoms. The van der Waals surface area contributed by atoms with Crippen molar-refractivity contribution in [1.82, 2.24) is 20.1 Å². The number of rotatable bonds is 7. The van der Waals surface area contributed by atoms with E-state index in [1.54, 1.807) is 16.3 Å². The van der Waals surface area contributed by atoms with Crippen molar-refractivity contribution in [3.8, 4) is 0 Å². The Hall–Kier alpha value is -0.750. The quantitative estimate of drug-likeness (QED) is 0.760. The number of hydrogen-bond acceptors (Lipinski definition) is 4. The summed E-state index contributed by atoms with van der Waals surface area (Å²) < 4.78 is 1.71. The molecule has 1 aromatic rings. The Morgan fingerprint density at radius 3 is 2.55 bits per heavy atom. The summed E-state index contributed by atoms with van der Waals surface area (Å²) in [4.78, 5) is 11.7. The van der Waals surface area contributed by atoms with Crippen LogP contribution >= 0.6 is 11.8 Å². The van der Waals surface area contributed by atoms with Gasteiger partial charge in [-0.05, 0) is 32.2 Å². The molecule has 0 aliphatic rings. The highest BCUT2D eigenvalue weighted by atomic mass is 32.2. The number of nitrogens with zero attached hydrogens (tertiary/aromatic N) is 2. The van der Waals surface area contributed by atoms with Gasteiger partial charge in [0.2, 0.25) is 0 Å². The summed E-state index contributed by atoms with van der Waals surface area (Å²) in [6.07, 6.45) is 1.12. The molecule has 0 saturated carbocycles. The van der Waals surface area contributed by atoms with Crippen LogP contribution in [0.25, 0.3) is 0 Å². The second-order valence-electron chi connectivity index (χ2n) is 6.46. The van der Waals surface area contributed by atoms with Crippen LogP contribution in [-0.2, 0) is 0 Å². The number of thioether (sulfide) groups is 1. The van der Waals surface area contributed by atoms with Crippen molar-refractivity contribution in [2.45, 2.75) is 65.2 Å². The van der Waals surface area contributed by atoms with Crippen LogP contribution in [0.15, 0.2) is 9.95 Å². The Morgan fingerprint density at radius 2 is 2.05 bits per heavy atom. The molecule has 6 heteroatoms. The number of hydrogen-bond donors (Lipinski definition) is 2. The zero-order chi connectivity index (χ0) is 15.3. The van der Waals surface area contributed by atoms with Gasteiger partial charge < -0.3 is 5.32 Å². The van der Waals surface area contributed by atoms with Gasteiger partial charge >= 0.3 is 5.69 Å². The minimum atomic E-state index is -0.128. The molecule has 2 N–H and O–H groups in total. The Bertz CT molecular complexity index is 458. The van der Waals surface area contributed by atoms with E-state index in [2.05, 4.69) is 43.2 Å². The second-order valence-corrected chi connectivity index (χ2v) is 7.45. The van der Waals surface area contributed by atoms with Gasteiger partial charge in [0, 0.05) is 17.8 Å². The normalized spacial score (nSPS) is 13.9. The third-order valence-corrected chi connectivity index (χ3v) is 4.30. The van der Waals surface area contributed by atoms with Crippen LogP contribution in [0.5, 0.6) is 0 Å². The lowest BCUT2D eigenvalue weighted by Crippen LogP contribution is -2.42. The molecule has 0 bridgehead atoms. The third-order valence-electron chi connectivity index (χ3n) is 3.25. The fraction of sp³-hybridized carbons (Fsp3) is 0.857. The van der Waals surface area contributed by atoms with Crippen molar-refractivity contribution in [2.24, 2.45) is 5.41 Å². The van der Waals surface area contributed by atoms with Crippen LogP contribution in [-0.4, -0.2) is 33.1 Å². The van der Waals surface area contributed by atoms with E-state index in [0.29, 0.717) is 6.04 Å². The van der Waals surface area contributed by atoms with Crippen molar-refractivity contribution in [3.05, 3.63) is 10.5 Å². The van der Waals surface area contributed by atoms with Gasteiger partial charge in [-0.1, -0.05) is 39.5 Å². The minimum absolute atomic E-state index is 0.125. The van der Waals surface area contributed by atoms with E-state index < -0.39 is 0 Å². The van der Waals surface area contributed by atoms with Gasteiger partial charge in [-0.2, -0.15) is 0 Å². The van der Waals surface area contributed by atoms with Crippen LogP contribution in [0.1, 0.15) is 54.0 Å². The Labute approximate surface area is 125 Å². The predicted molar refractivity (Wildman–Crippen MR) is 85.5 cm³/mol. The highest BCUT2D eigenvalue weighted by Crippen LogP contribution is 2.26. The summed E-state index contributed by atoms with van der Waals surface area (Å²) in [6.45, 7) is 13.9. The molecule has 0 aliphatic carbocycles. The average Bonchev–Trinajstić information content (AvgIpc) is 2.69. The number of H-pyrrole nitrogens is 1. The molecule has 0 radical (unpaired) electrons. The maximum absolute atomic E-state index is 11.7. The lowest BCUT2D eigenvalue weighted by Gasteiger charge is -2.31. The summed E-state index contributed by atoms with van der Waals surface area (Å²) >= 11 is 1.64. The molecule has 1 atom stereocenters. The molecular weight excluding hydrogens is 272 g/mol. The molecule has 0 saturated heterocycles.